The molecule has 0 radical (unpaired) electrons. The van der Waals surface area contributed by atoms with Crippen LogP contribution in [0.4, 0.5) is 5.69 Å². The van der Waals surface area contributed by atoms with E-state index in [9.17, 15) is 13.2 Å². The van der Waals surface area contributed by atoms with Crippen LogP contribution in [0.2, 0.25) is 0 Å². The average molecular weight is 491 g/mol. The van der Waals surface area contributed by atoms with Crippen molar-refractivity contribution in [2.24, 2.45) is 0 Å². The molecule has 1 aromatic heterocycles. The third kappa shape index (κ3) is 5.71. The van der Waals surface area contributed by atoms with Crippen LogP contribution in [-0.2, 0) is 19.6 Å². The number of amides is 1. The summed E-state index contributed by atoms with van der Waals surface area (Å²) in [5.74, 6) is 0.739. The largest absolute Gasteiger partial charge is 0.497 e. The molecule has 10 nitrogen and oxygen atoms in total. The molecule has 1 N–H and O–H groups in total. The van der Waals surface area contributed by atoms with Crippen LogP contribution >= 0.6 is 11.8 Å². The summed E-state index contributed by atoms with van der Waals surface area (Å²) < 4.78 is 42.9. The van der Waals surface area contributed by atoms with Gasteiger partial charge in [-0.2, -0.15) is 4.31 Å². The molecule has 33 heavy (non-hydrogen) atoms. The van der Waals surface area contributed by atoms with Gasteiger partial charge < -0.3 is 19.2 Å². The molecular formula is C21H22N4O6S2. The van der Waals surface area contributed by atoms with Gasteiger partial charge in [0.25, 0.3) is 5.22 Å². The van der Waals surface area contributed by atoms with Crippen LogP contribution in [0.3, 0.4) is 0 Å². The number of ether oxygens (including phenoxy) is 2. The molecule has 2 heterocycles. The molecule has 1 aliphatic rings. The number of thioether (sulfide) groups is 1. The quantitative estimate of drug-likeness (QED) is 0.474. The zero-order chi connectivity index (χ0) is 23.3. The fourth-order valence-electron chi connectivity index (χ4n) is 3.11. The van der Waals surface area contributed by atoms with Crippen molar-refractivity contribution in [3.8, 4) is 17.2 Å². The molecule has 174 valence electrons. The minimum Gasteiger partial charge on any atom is -0.497 e. The first-order chi connectivity index (χ1) is 16.0. The maximum atomic E-state index is 12.8. The van der Waals surface area contributed by atoms with E-state index in [1.807, 2.05) is 0 Å². The monoisotopic (exact) mass is 490 g/mol. The Labute approximate surface area is 195 Å². The summed E-state index contributed by atoms with van der Waals surface area (Å²) >= 11 is 1.09. The normalized spacial score (nSPS) is 14.7. The molecule has 4 rings (SSSR count). The number of aromatic nitrogens is 2. The fraction of sp³-hybridized carbons (Fsp3) is 0.286. The molecule has 0 aliphatic carbocycles. The lowest BCUT2D eigenvalue weighted by atomic mass is 10.2. The third-order valence-corrected chi connectivity index (χ3v) is 7.51. The van der Waals surface area contributed by atoms with Crippen LogP contribution in [0.15, 0.2) is 63.1 Å². The summed E-state index contributed by atoms with van der Waals surface area (Å²) in [6.45, 7) is 1.34. The van der Waals surface area contributed by atoms with E-state index in [0.717, 1.165) is 17.3 Å². The van der Waals surface area contributed by atoms with Crippen LogP contribution < -0.4 is 10.1 Å². The number of hydrogen-bond acceptors (Lipinski definition) is 9. The van der Waals surface area contributed by atoms with Crippen LogP contribution in [0, 0.1) is 0 Å². The van der Waals surface area contributed by atoms with Crippen molar-refractivity contribution >= 4 is 33.4 Å². The number of hydrogen-bond donors (Lipinski definition) is 1. The molecule has 0 unspecified atom stereocenters. The molecule has 1 aliphatic heterocycles. The second-order valence-corrected chi connectivity index (χ2v) is 9.85. The van der Waals surface area contributed by atoms with Gasteiger partial charge in [-0.25, -0.2) is 8.42 Å². The topological polar surface area (TPSA) is 124 Å². The van der Waals surface area contributed by atoms with E-state index in [1.54, 1.807) is 43.5 Å². The zero-order valence-corrected chi connectivity index (χ0v) is 19.4. The summed E-state index contributed by atoms with van der Waals surface area (Å²) in [5.41, 5.74) is 1.12. The zero-order valence-electron chi connectivity index (χ0n) is 17.8. The Morgan fingerprint density at radius 2 is 1.91 bits per heavy atom. The Balaban J connectivity index is 1.35. The van der Waals surface area contributed by atoms with Gasteiger partial charge in [0.15, 0.2) is 0 Å². The van der Waals surface area contributed by atoms with E-state index in [1.165, 1.54) is 16.4 Å². The second kappa shape index (κ2) is 10.3. The molecule has 1 saturated heterocycles. The van der Waals surface area contributed by atoms with Gasteiger partial charge >= 0.3 is 0 Å². The minimum atomic E-state index is -3.65. The Kier molecular flexibility index (Phi) is 7.28. The van der Waals surface area contributed by atoms with Crippen molar-refractivity contribution in [2.45, 2.75) is 10.1 Å². The molecule has 2 aromatic carbocycles. The van der Waals surface area contributed by atoms with Gasteiger partial charge in [-0.05, 0) is 42.5 Å². The third-order valence-electron chi connectivity index (χ3n) is 4.80. The number of methoxy groups -OCH3 is 1. The Bertz CT molecular complexity index is 1210. The smallest absolute Gasteiger partial charge is 0.277 e. The number of morpholine rings is 1. The van der Waals surface area contributed by atoms with Crippen molar-refractivity contribution in [1.82, 2.24) is 14.5 Å². The molecule has 3 aromatic rings. The lowest BCUT2D eigenvalue weighted by Gasteiger charge is -2.26. The van der Waals surface area contributed by atoms with E-state index in [-0.39, 0.29) is 21.8 Å². The molecule has 0 bridgehead atoms. The summed E-state index contributed by atoms with van der Waals surface area (Å²) in [4.78, 5) is 12.5. The minimum absolute atomic E-state index is 0.0185. The summed E-state index contributed by atoms with van der Waals surface area (Å²) in [7, 11) is -2.06. The van der Waals surface area contributed by atoms with E-state index >= 15 is 0 Å². The van der Waals surface area contributed by atoms with Crippen molar-refractivity contribution < 1.29 is 27.1 Å². The van der Waals surface area contributed by atoms with E-state index < -0.39 is 10.0 Å². The average Bonchev–Trinajstić information content (AvgIpc) is 3.33. The van der Waals surface area contributed by atoms with E-state index in [0.29, 0.717) is 43.6 Å². The molecule has 0 saturated carbocycles. The predicted molar refractivity (Wildman–Crippen MR) is 122 cm³/mol. The number of nitrogens with zero attached hydrogens (tertiary/aromatic N) is 3. The summed E-state index contributed by atoms with van der Waals surface area (Å²) in [6, 6.07) is 13.3. The number of anilines is 1. The van der Waals surface area contributed by atoms with Crippen molar-refractivity contribution in [2.75, 3.05) is 44.5 Å². The Morgan fingerprint density at radius 1 is 1.15 bits per heavy atom. The summed E-state index contributed by atoms with van der Waals surface area (Å²) in [5, 5.41) is 10.9. The number of sulfonamides is 1. The maximum Gasteiger partial charge on any atom is 0.277 e. The molecule has 0 spiro atoms. The van der Waals surface area contributed by atoms with Gasteiger partial charge in [0.2, 0.25) is 21.8 Å². The highest BCUT2D eigenvalue weighted by atomic mass is 32.2. The molecule has 0 atom stereocenters. The first-order valence-electron chi connectivity index (χ1n) is 10.0. The highest BCUT2D eigenvalue weighted by Crippen LogP contribution is 2.25. The van der Waals surface area contributed by atoms with Crippen molar-refractivity contribution in [3.63, 3.8) is 0 Å². The van der Waals surface area contributed by atoms with Gasteiger partial charge in [-0.1, -0.05) is 17.8 Å². The standard InChI is InChI=1S/C21H22N4O6S2/c1-29-17-7-5-15(6-8-17)20-23-24-21(31-20)32-14-19(26)22-16-3-2-4-18(13-16)33(27,28)25-9-11-30-12-10-25/h2-8,13H,9-12,14H2,1H3,(H,22,26). The van der Waals surface area contributed by atoms with Crippen LogP contribution in [0.5, 0.6) is 5.75 Å². The number of carbonyl (C=O) groups is 1. The maximum absolute atomic E-state index is 12.8. The molecule has 1 fully saturated rings. The number of rotatable bonds is 8. The second-order valence-electron chi connectivity index (χ2n) is 6.98. The molecule has 12 heteroatoms. The highest BCUT2D eigenvalue weighted by Gasteiger charge is 2.26. The van der Waals surface area contributed by atoms with Gasteiger partial charge in [0.05, 0.1) is 31.0 Å². The SMILES string of the molecule is COc1ccc(-c2nnc(SCC(=O)Nc3cccc(S(=O)(=O)N4CCOCC4)c3)o2)cc1. The van der Waals surface area contributed by atoms with Crippen LogP contribution in [0.25, 0.3) is 11.5 Å². The van der Waals surface area contributed by atoms with Crippen molar-refractivity contribution in [1.29, 1.82) is 0 Å². The van der Waals surface area contributed by atoms with Gasteiger partial charge in [-0.15, -0.1) is 10.2 Å². The molecular weight excluding hydrogens is 468 g/mol. The van der Waals surface area contributed by atoms with Crippen LogP contribution in [-0.4, -0.2) is 68.0 Å². The Hall–Kier alpha value is -2.93. The van der Waals surface area contributed by atoms with E-state index in [2.05, 4.69) is 15.5 Å². The summed E-state index contributed by atoms with van der Waals surface area (Å²) in [6.07, 6.45) is 0. The number of benzene rings is 2. The predicted octanol–water partition coefficient (Wildman–Crippen LogP) is 2.50. The Morgan fingerprint density at radius 3 is 2.64 bits per heavy atom. The van der Waals surface area contributed by atoms with Gasteiger partial charge in [-0.3, -0.25) is 4.79 Å². The van der Waals surface area contributed by atoms with Gasteiger partial charge in [0, 0.05) is 24.3 Å². The lowest BCUT2D eigenvalue weighted by Crippen LogP contribution is -2.40. The highest BCUT2D eigenvalue weighted by molar-refractivity contribution is 7.99. The first kappa shape index (κ1) is 23.2. The number of nitrogens with one attached hydrogen (secondary N) is 1. The lowest BCUT2D eigenvalue weighted by molar-refractivity contribution is -0.113. The first-order valence-corrected chi connectivity index (χ1v) is 12.5. The molecule has 1 amide bonds. The number of carbonyl (C=O) groups excluding carboxylic acids is 1. The van der Waals surface area contributed by atoms with Crippen LogP contribution in [0.1, 0.15) is 0 Å². The fourth-order valence-corrected chi connectivity index (χ4v) is 5.13. The van der Waals surface area contributed by atoms with Crippen molar-refractivity contribution in [3.05, 3.63) is 48.5 Å². The van der Waals surface area contributed by atoms with E-state index in [4.69, 9.17) is 13.9 Å². The van der Waals surface area contributed by atoms with Gasteiger partial charge in [0.1, 0.15) is 5.75 Å².